The van der Waals surface area contributed by atoms with Crippen molar-refractivity contribution in [3.63, 3.8) is 0 Å². The van der Waals surface area contributed by atoms with Crippen molar-refractivity contribution in [3.8, 4) is 5.75 Å². The highest BCUT2D eigenvalue weighted by Crippen LogP contribution is 2.49. The zero-order valence-corrected chi connectivity index (χ0v) is 28.5. The standard InChI is InChI=1S/C35H49BN2O6P/c1-24(2)38(25(3)4)45(23-40)44-33-26(5)34(36-37-6)43-32(33)22-42-35(28-11-9-8-10-12-28,29-15-13-27(21-39)14-16-29)30-17-19-31(41-7)20-18-30/h8-20,24-26,32-34,37,39-40H,21-23H2,1-7H3/t26-,32+,33?,34+,35?,45?/m0/s1. The van der Waals surface area contributed by atoms with Gasteiger partial charge in [0.2, 0.25) is 7.41 Å². The van der Waals surface area contributed by atoms with Crippen molar-refractivity contribution in [2.45, 2.75) is 77.1 Å². The van der Waals surface area contributed by atoms with Crippen molar-refractivity contribution in [3.05, 3.63) is 101 Å². The van der Waals surface area contributed by atoms with E-state index in [1.807, 2.05) is 81.2 Å². The van der Waals surface area contributed by atoms with Crippen LogP contribution in [0.25, 0.3) is 0 Å². The van der Waals surface area contributed by atoms with Gasteiger partial charge < -0.3 is 34.2 Å². The number of aliphatic hydroxyl groups is 2. The van der Waals surface area contributed by atoms with E-state index >= 15 is 0 Å². The van der Waals surface area contributed by atoms with Gasteiger partial charge in [-0.15, -0.1) is 0 Å². The summed E-state index contributed by atoms with van der Waals surface area (Å²) < 4.78 is 28.4. The normalized spacial score (nSPS) is 22.1. The number of benzene rings is 3. The fraction of sp³-hybridized carbons (Fsp3) is 0.486. The number of hydrogen-bond donors (Lipinski definition) is 3. The predicted molar refractivity (Wildman–Crippen MR) is 181 cm³/mol. The van der Waals surface area contributed by atoms with Crippen LogP contribution in [-0.2, 0) is 26.2 Å². The van der Waals surface area contributed by atoms with Crippen LogP contribution in [0.2, 0.25) is 0 Å². The third-order valence-corrected chi connectivity index (χ3v) is 10.6. The third-order valence-electron chi connectivity index (χ3n) is 8.43. The molecule has 8 nitrogen and oxygen atoms in total. The van der Waals surface area contributed by atoms with E-state index in [9.17, 15) is 10.2 Å². The zero-order valence-electron chi connectivity index (χ0n) is 27.6. The quantitative estimate of drug-likeness (QED) is 0.109. The highest BCUT2D eigenvalue weighted by molar-refractivity contribution is 7.49. The number of rotatable bonds is 16. The summed E-state index contributed by atoms with van der Waals surface area (Å²) in [6.45, 7) is 10.8. The second kappa shape index (κ2) is 16.5. The molecule has 0 amide bonds. The van der Waals surface area contributed by atoms with Gasteiger partial charge in [0.25, 0.3) is 0 Å². The average molecular weight is 636 g/mol. The Morgan fingerprint density at radius 1 is 0.911 bits per heavy atom. The van der Waals surface area contributed by atoms with E-state index in [0.29, 0.717) is 0 Å². The molecule has 6 atom stereocenters. The summed E-state index contributed by atoms with van der Waals surface area (Å²) in [4.78, 5) is 0. The van der Waals surface area contributed by atoms with Crippen molar-refractivity contribution >= 4 is 15.7 Å². The highest BCUT2D eigenvalue weighted by atomic mass is 31.2. The lowest BCUT2D eigenvalue weighted by Gasteiger charge is -2.40. The lowest BCUT2D eigenvalue weighted by Crippen LogP contribution is -2.41. The molecule has 10 heteroatoms. The topological polar surface area (TPSA) is 92.7 Å². The predicted octanol–water partition coefficient (Wildman–Crippen LogP) is 5.46. The fourth-order valence-electron chi connectivity index (χ4n) is 6.30. The molecule has 45 heavy (non-hydrogen) atoms. The molecule has 3 aromatic carbocycles. The second-order valence-corrected chi connectivity index (χ2v) is 13.7. The van der Waals surface area contributed by atoms with E-state index in [0.717, 1.165) is 28.0 Å². The molecule has 1 fully saturated rings. The van der Waals surface area contributed by atoms with Gasteiger partial charge in [-0.05, 0) is 69.1 Å². The number of methoxy groups -OCH3 is 1. The summed E-state index contributed by atoms with van der Waals surface area (Å²) in [5.41, 5.74) is 2.61. The molecular formula is C35H49BN2O6P. The minimum atomic E-state index is -1.29. The summed E-state index contributed by atoms with van der Waals surface area (Å²) in [6.07, 6.45) is -0.802. The van der Waals surface area contributed by atoms with E-state index < -0.39 is 20.0 Å². The summed E-state index contributed by atoms with van der Waals surface area (Å²) in [5.74, 6) is 0.764. The molecule has 243 valence electrons. The first-order valence-electron chi connectivity index (χ1n) is 15.7. The lowest BCUT2D eigenvalue weighted by atomic mass is 9.77. The van der Waals surface area contributed by atoms with Gasteiger partial charge in [0.1, 0.15) is 32.1 Å². The molecule has 1 saturated heterocycles. The Morgan fingerprint density at radius 2 is 1.49 bits per heavy atom. The van der Waals surface area contributed by atoms with Crippen molar-refractivity contribution in [2.75, 3.05) is 27.1 Å². The molecule has 1 aliphatic rings. The van der Waals surface area contributed by atoms with E-state index in [1.165, 1.54) is 0 Å². The van der Waals surface area contributed by atoms with E-state index in [4.69, 9.17) is 18.7 Å². The van der Waals surface area contributed by atoms with Crippen LogP contribution in [0.15, 0.2) is 78.9 Å². The van der Waals surface area contributed by atoms with Crippen molar-refractivity contribution in [1.82, 2.24) is 9.90 Å². The van der Waals surface area contributed by atoms with Crippen LogP contribution in [0.5, 0.6) is 5.75 Å². The Hall–Kier alpha value is -2.33. The van der Waals surface area contributed by atoms with Crippen molar-refractivity contribution < 1.29 is 28.9 Å². The fourth-order valence-corrected chi connectivity index (χ4v) is 8.26. The summed E-state index contributed by atoms with van der Waals surface area (Å²) in [7, 11) is 4.18. The third kappa shape index (κ3) is 7.98. The van der Waals surface area contributed by atoms with Gasteiger partial charge in [0, 0.05) is 24.0 Å². The molecule has 0 aromatic heterocycles. The Bertz CT molecular complexity index is 1240. The highest BCUT2D eigenvalue weighted by Gasteiger charge is 2.47. The van der Waals surface area contributed by atoms with E-state index in [1.54, 1.807) is 7.11 Å². The first-order chi connectivity index (χ1) is 21.7. The van der Waals surface area contributed by atoms with Crippen LogP contribution < -0.4 is 9.96 Å². The Labute approximate surface area is 271 Å². The van der Waals surface area contributed by atoms with Crippen LogP contribution in [0.4, 0.5) is 0 Å². The molecule has 0 aliphatic carbocycles. The van der Waals surface area contributed by atoms with Crippen LogP contribution >= 0.6 is 8.30 Å². The van der Waals surface area contributed by atoms with Gasteiger partial charge in [0.15, 0.2) is 0 Å². The molecule has 3 aromatic rings. The van der Waals surface area contributed by atoms with Crippen LogP contribution in [0.1, 0.15) is 56.9 Å². The smallest absolute Gasteiger partial charge is 0.241 e. The number of ether oxygens (including phenoxy) is 3. The van der Waals surface area contributed by atoms with Gasteiger partial charge >= 0.3 is 0 Å². The van der Waals surface area contributed by atoms with Gasteiger partial charge in [-0.2, -0.15) is 0 Å². The van der Waals surface area contributed by atoms with Gasteiger partial charge in [-0.3, -0.25) is 4.67 Å². The maximum Gasteiger partial charge on any atom is 0.241 e. The molecule has 0 spiro atoms. The number of hydrogen-bond acceptors (Lipinski definition) is 8. The molecule has 3 unspecified atom stereocenters. The van der Waals surface area contributed by atoms with E-state index in [2.05, 4.69) is 56.6 Å². The largest absolute Gasteiger partial charge is 0.497 e. The molecule has 0 bridgehead atoms. The Morgan fingerprint density at radius 3 is 2.00 bits per heavy atom. The maximum absolute atomic E-state index is 10.5. The second-order valence-electron chi connectivity index (χ2n) is 12.0. The van der Waals surface area contributed by atoms with E-state index in [-0.39, 0.29) is 49.7 Å². The Kier molecular flexibility index (Phi) is 13.0. The summed E-state index contributed by atoms with van der Waals surface area (Å²) in [6, 6.07) is 26.2. The zero-order chi connectivity index (χ0) is 32.6. The number of aliphatic hydroxyl groups excluding tert-OH is 2. The monoisotopic (exact) mass is 635 g/mol. The summed E-state index contributed by atoms with van der Waals surface area (Å²) in [5, 5.41) is 23.5. The molecule has 4 rings (SSSR count). The van der Waals surface area contributed by atoms with Crippen LogP contribution in [0, 0.1) is 5.92 Å². The summed E-state index contributed by atoms with van der Waals surface area (Å²) >= 11 is 0. The molecule has 1 aliphatic heterocycles. The van der Waals surface area contributed by atoms with Crippen LogP contribution in [0.3, 0.4) is 0 Å². The number of nitrogens with one attached hydrogen (secondary N) is 1. The van der Waals surface area contributed by atoms with Gasteiger partial charge in [-0.1, -0.05) is 73.7 Å². The van der Waals surface area contributed by atoms with Gasteiger partial charge in [0.05, 0.1) is 26.4 Å². The maximum atomic E-state index is 10.5. The minimum absolute atomic E-state index is 0.0136. The Balaban J connectivity index is 1.78. The molecular weight excluding hydrogens is 586 g/mol. The van der Waals surface area contributed by atoms with Crippen molar-refractivity contribution in [2.24, 2.45) is 5.92 Å². The number of nitrogens with zero attached hydrogens (tertiary/aromatic N) is 1. The molecule has 0 saturated carbocycles. The molecule has 1 radical (unpaired) electrons. The van der Waals surface area contributed by atoms with Gasteiger partial charge in [-0.25, -0.2) is 0 Å². The molecule has 3 N–H and O–H groups in total. The first-order valence-corrected chi connectivity index (χ1v) is 17.1. The first kappa shape index (κ1) is 35.5. The average Bonchev–Trinajstić information content (AvgIpc) is 3.34. The molecule has 1 heterocycles. The lowest BCUT2D eigenvalue weighted by molar-refractivity contribution is -0.0705. The SMILES string of the molecule is CN[B][C@@H]1O[C@H](COC(c2ccccc2)(c2ccc(CO)cc2)c2ccc(OC)cc2)C(OP(CO)N(C(C)C)C(C)C)[C@@H]1C. The van der Waals surface area contributed by atoms with Crippen molar-refractivity contribution in [1.29, 1.82) is 0 Å². The minimum Gasteiger partial charge on any atom is -0.497 e. The van der Waals surface area contributed by atoms with Crippen LogP contribution in [-0.4, -0.2) is 79.7 Å².